The lowest BCUT2D eigenvalue weighted by atomic mass is 10.0. The van der Waals surface area contributed by atoms with Crippen LogP contribution in [0, 0.1) is 6.92 Å². The third-order valence-corrected chi connectivity index (χ3v) is 5.96. The van der Waals surface area contributed by atoms with Crippen molar-refractivity contribution >= 4 is 28.8 Å². The highest BCUT2D eigenvalue weighted by Gasteiger charge is 2.48. The molecule has 2 aromatic carbocycles. The summed E-state index contributed by atoms with van der Waals surface area (Å²) in [6.07, 6.45) is 3.46. The molecule has 0 saturated carbocycles. The summed E-state index contributed by atoms with van der Waals surface area (Å²) in [4.78, 5) is 42.2. The van der Waals surface area contributed by atoms with Gasteiger partial charge in [-0.2, -0.15) is 4.57 Å². The van der Waals surface area contributed by atoms with Crippen molar-refractivity contribution in [3.05, 3.63) is 101 Å². The van der Waals surface area contributed by atoms with Crippen molar-refractivity contribution in [1.82, 2.24) is 9.78 Å². The average molecular weight is 468 g/mol. The van der Waals surface area contributed by atoms with Crippen LogP contribution in [-0.2, 0) is 16.6 Å². The Labute approximate surface area is 201 Å². The zero-order valence-electron chi connectivity index (χ0n) is 19.5. The average Bonchev–Trinajstić information content (AvgIpc) is 3.30. The van der Waals surface area contributed by atoms with Crippen LogP contribution in [0.5, 0.6) is 5.75 Å². The fourth-order valence-electron chi connectivity index (χ4n) is 4.28. The summed E-state index contributed by atoms with van der Waals surface area (Å²) in [5.74, 6) is -0.494. The largest absolute Gasteiger partial charge is 0.497 e. The Morgan fingerprint density at radius 1 is 0.886 bits per heavy atom. The summed E-state index contributed by atoms with van der Waals surface area (Å²) >= 11 is 0. The van der Waals surface area contributed by atoms with Crippen molar-refractivity contribution in [3.8, 4) is 17.0 Å². The molecule has 3 heterocycles. The Kier molecular flexibility index (Phi) is 5.41. The molecule has 8 nitrogen and oxygen atoms in total. The number of hydrogen-bond acceptors (Lipinski definition) is 4. The van der Waals surface area contributed by atoms with E-state index in [0.717, 1.165) is 16.0 Å². The number of aryl methyl sites for hydroxylation is 2. The van der Waals surface area contributed by atoms with Gasteiger partial charge in [0.15, 0.2) is 12.4 Å². The number of nitrogens with one attached hydrogen (secondary N) is 1. The molecule has 2 amide bonds. The topological polar surface area (TPSA) is 88.3 Å². The molecule has 2 aromatic heterocycles. The quantitative estimate of drug-likeness (QED) is 0.361. The van der Waals surface area contributed by atoms with Crippen LogP contribution in [0.4, 0.5) is 5.69 Å². The molecule has 1 aliphatic heterocycles. The number of rotatable bonds is 5. The predicted octanol–water partition coefficient (Wildman–Crippen LogP) is 2.93. The number of benzene rings is 2. The molecule has 4 aromatic rings. The number of H-pyrrole nitrogens is 1. The molecule has 0 saturated heterocycles. The molecule has 0 atom stereocenters. The molecule has 0 radical (unpaired) electrons. The molecule has 1 aliphatic rings. The lowest BCUT2D eigenvalue weighted by molar-refractivity contribution is -0.577. The summed E-state index contributed by atoms with van der Waals surface area (Å²) in [6.45, 7) is 1.89. The summed E-state index contributed by atoms with van der Waals surface area (Å²) in [5.41, 5.74) is 2.38. The van der Waals surface area contributed by atoms with Gasteiger partial charge < -0.3 is 4.74 Å². The molecule has 35 heavy (non-hydrogen) atoms. The van der Waals surface area contributed by atoms with Crippen molar-refractivity contribution in [2.24, 2.45) is 7.05 Å². The maximum absolute atomic E-state index is 13.9. The number of aromatic nitrogens is 3. The third kappa shape index (κ3) is 3.65. The first-order valence-corrected chi connectivity index (χ1v) is 11.0. The molecular formula is C27H23N4O4+. The Morgan fingerprint density at radius 3 is 2.26 bits per heavy atom. The summed E-state index contributed by atoms with van der Waals surface area (Å²) in [6, 6.07) is 19.6. The van der Waals surface area contributed by atoms with Gasteiger partial charge in [0, 0.05) is 24.2 Å². The Bertz CT molecular complexity index is 1550. The minimum Gasteiger partial charge on any atom is -0.497 e. The second-order valence-corrected chi connectivity index (χ2v) is 8.25. The van der Waals surface area contributed by atoms with Crippen molar-refractivity contribution in [2.45, 2.75) is 6.92 Å². The van der Waals surface area contributed by atoms with Gasteiger partial charge in [-0.05, 0) is 37.3 Å². The summed E-state index contributed by atoms with van der Waals surface area (Å²) < 4.78 is 8.13. The predicted molar refractivity (Wildman–Crippen MR) is 131 cm³/mol. The van der Waals surface area contributed by atoms with Crippen LogP contribution < -0.4 is 19.8 Å². The van der Waals surface area contributed by atoms with E-state index < -0.39 is 17.4 Å². The maximum Gasteiger partial charge on any atom is 0.331 e. The zero-order valence-corrected chi connectivity index (χ0v) is 19.5. The van der Waals surface area contributed by atoms with E-state index in [-0.39, 0.29) is 16.8 Å². The lowest BCUT2D eigenvalue weighted by Gasteiger charge is -2.14. The minimum absolute atomic E-state index is 0.0436. The number of aromatic amines is 1. The van der Waals surface area contributed by atoms with Crippen LogP contribution in [0.1, 0.15) is 11.1 Å². The van der Waals surface area contributed by atoms with Crippen molar-refractivity contribution < 1.29 is 18.9 Å². The molecule has 0 spiro atoms. The molecule has 0 unspecified atom stereocenters. The molecule has 5 rings (SSSR count). The fourth-order valence-corrected chi connectivity index (χ4v) is 4.28. The number of hydrogen-bond donors (Lipinski definition) is 1. The van der Waals surface area contributed by atoms with E-state index in [4.69, 9.17) is 4.74 Å². The van der Waals surface area contributed by atoms with E-state index in [0.29, 0.717) is 17.1 Å². The van der Waals surface area contributed by atoms with Crippen LogP contribution in [0.2, 0.25) is 0 Å². The normalized spacial score (nSPS) is 13.6. The molecule has 8 heteroatoms. The van der Waals surface area contributed by atoms with Gasteiger partial charge in [0.1, 0.15) is 11.3 Å². The second kappa shape index (κ2) is 8.57. The fraction of sp³-hybridized carbons (Fsp3) is 0.111. The molecule has 0 bridgehead atoms. The van der Waals surface area contributed by atoms with E-state index in [9.17, 15) is 14.4 Å². The van der Waals surface area contributed by atoms with Crippen LogP contribution in [0.15, 0.2) is 83.9 Å². The van der Waals surface area contributed by atoms with E-state index in [1.165, 1.54) is 4.68 Å². The monoisotopic (exact) mass is 467 g/mol. The molecule has 0 fully saturated rings. The highest BCUT2D eigenvalue weighted by atomic mass is 16.5. The number of ether oxygens (including phenoxy) is 1. The number of imide groups is 1. The van der Waals surface area contributed by atoms with Gasteiger partial charge in [-0.15, -0.1) is 0 Å². The van der Waals surface area contributed by atoms with Gasteiger partial charge in [-0.3, -0.25) is 24.2 Å². The van der Waals surface area contributed by atoms with Crippen LogP contribution in [-0.4, -0.2) is 28.7 Å². The Hall–Kier alpha value is -4.72. The molecule has 1 N–H and O–H groups in total. The van der Waals surface area contributed by atoms with Gasteiger partial charge in [0.05, 0.1) is 24.1 Å². The first-order chi connectivity index (χ1) is 16.9. The number of anilines is 1. The van der Waals surface area contributed by atoms with Gasteiger partial charge in [-0.25, -0.2) is 4.90 Å². The number of amides is 2. The molecular weight excluding hydrogens is 444 g/mol. The Balaban J connectivity index is 1.78. The summed E-state index contributed by atoms with van der Waals surface area (Å²) in [7, 11) is 3.13. The van der Waals surface area contributed by atoms with E-state index in [2.05, 4.69) is 5.10 Å². The van der Waals surface area contributed by atoms with Gasteiger partial charge in [0.2, 0.25) is 0 Å². The van der Waals surface area contributed by atoms with Crippen molar-refractivity contribution in [2.75, 3.05) is 12.0 Å². The van der Waals surface area contributed by atoms with Crippen molar-refractivity contribution in [3.63, 3.8) is 0 Å². The van der Waals surface area contributed by atoms with Gasteiger partial charge in [0.25, 0.3) is 17.2 Å². The Morgan fingerprint density at radius 2 is 1.60 bits per heavy atom. The smallest absolute Gasteiger partial charge is 0.331 e. The number of carbonyl (C=O) groups is 2. The number of carbonyl (C=O) groups excluding carboxylic acids is 2. The highest BCUT2D eigenvalue weighted by Crippen LogP contribution is 2.36. The molecule has 174 valence electrons. The number of methoxy groups -OCH3 is 1. The zero-order chi connectivity index (χ0) is 24.7. The van der Waals surface area contributed by atoms with Gasteiger partial charge in [-0.1, -0.05) is 30.3 Å². The number of pyridine rings is 1. The van der Waals surface area contributed by atoms with Gasteiger partial charge >= 0.3 is 5.91 Å². The lowest BCUT2D eigenvalue weighted by Crippen LogP contribution is -2.39. The third-order valence-electron chi connectivity index (χ3n) is 5.96. The van der Waals surface area contributed by atoms with E-state index in [1.807, 2.05) is 43.3 Å². The highest BCUT2D eigenvalue weighted by molar-refractivity contribution is 6.53. The van der Waals surface area contributed by atoms with Crippen molar-refractivity contribution in [1.29, 1.82) is 0 Å². The molecule has 0 aliphatic carbocycles. The van der Waals surface area contributed by atoms with Crippen LogP contribution in [0.25, 0.3) is 22.5 Å². The number of nitrogens with zero attached hydrogens (tertiary/aromatic N) is 3. The summed E-state index contributed by atoms with van der Waals surface area (Å²) in [5, 5.41) is 3.06. The SMILES string of the molecule is COc1ccc(N2C(=O)C(c3c(-c4ccccc4)[nH]n(C)c3=O)=C([n+]3cccc(C)c3)C2=O)cc1. The van der Waals surface area contributed by atoms with E-state index >= 15 is 0 Å². The maximum atomic E-state index is 13.9. The first kappa shape index (κ1) is 22.1. The van der Waals surface area contributed by atoms with Crippen LogP contribution >= 0.6 is 0 Å². The minimum atomic E-state index is -0.571. The van der Waals surface area contributed by atoms with Crippen LogP contribution in [0.3, 0.4) is 0 Å². The standard InChI is InChI=1S/C27H22N4O4/c1-17-8-7-15-30(16-17)24-22(21-23(28-29(2)25(21)32)18-9-5-4-6-10-18)26(33)31(27(24)34)19-11-13-20(35-3)14-12-19/h4-16H,1-3H3/p+1. The first-order valence-electron chi connectivity index (χ1n) is 11.0. The van der Waals surface area contributed by atoms with E-state index in [1.54, 1.807) is 61.5 Å². The second-order valence-electron chi connectivity index (χ2n) is 8.25.